The monoisotopic (exact) mass is 303 g/mol. The summed E-state index contributed by atoms with van der Waals surface area (Å²) in [4.78, 5) is 0.852. The Morgan fingerprint density at radius 3 is 2.31 bits per heavy atom. The summed E-state index contributed by atoms with van der Waals surface area (Å²) in [7, 11) is 0. The van der Waals surface area contributed by atoms with E-state index in [-0.39, 0.29) is 0 Å². The van der Waals surface area contributed by atoms with Crippen molar-refractivity contribution < 1.29 is 8.78 Å². The van der Waals surface area contributed by atoms with Crippen LogP contribution >= 0.6 is 27.3 Å². The van der Waals surface area contributed by atoms with E-state index in [1.807, 2.05) is 11.4 Å². The normalized spacial score (nSPS) is 12.8. The van der Waals surface area contributed by atoms with Crippen LogP contribution in [0.25, 0.3) is 0 Å². The summed E-state index contributed by atoms with van der Waals surface area (Å²) in [6.07, 6.45) is 0. The van der Waals surface area contributed by atoms with E-state index in [9.17, 15) is 8.78 Å². The molecule has 2 aromatic rings. The van der Waals surface area contributed by atoms with Crippen molar-refractivity contribution in [3.05, 3.63) is 56.2 Å². The lowest BCUT2D eigenvalue weighted by atomic mass is 10.1. The van der Waals surface area contributed by atoms with Crippen LogP contribution < -0.4 is 5.73 Å². The molecular weight excluding hydrogens is 296 g/mol. The highest BCUT2D eigenvalue weighted by Crippen LogP contribution is 2.31. The van der Waals surface area contributed by atoms with Gasteiger partial charge in [-0.2, -0.15) is 0 Å². The quantitative estimate of drug-likeness (QED) is 0.896. The third-order valence-corrected chi connectivity index (χ3v) is 4.13. The molecule has 1 nitrogen and oxygen atoms in total. The van der Waals surface area contributed by atoms with Crippen molar-refractivity contribution in [3.8, 4) is 0 Å². The van der Waals surface area contributed by atoms with Gasteiger partial charge in [-0.25, -0.2) is 8.78 Å². The molecule has 2 N–H and O–H groups in total. The van der Waals surface area contributed by atoms with Crippen LogP contribution in [0, 0.1) is 11.6 Å². The molecule has 0 radical (unpaired) electrons. The molecule has 1 heterocycles. The van der Waals surface area contributed by atoms with E-state index in [0.717, 1.165) is 15.4 Å². The van der Waals surface area contributed by atoms with Gasteiger partial charge >= 0.3 is 0 Å². The molecule has 0 aliphatic rings. The van der Waals surface area contributed by atoms with E-state index in [0.29, 0.717) is 5.56 Å². The third-order valence-electron chi connectivity index (χ3n) is 2.17. The maximum absolute atomic E-state index is 13.0. The van der Waals surface area contributed by atoms with Crippen LogP contribution in [0.4, 0.5) is 8.78 Å². The maximum Gasteiger partial charge on any atom is 0.126 e. The van der Waals surface area contributed by atoms with Crippen molar-refractivity contribution in [2.24, 2.45) is 5.73 Å². The molecule has 0 saturated carbocycles. The molecule has 0 aliphatic carbocycles. The smallest absolute Gasteiger partial charge is 0.126 e. The zero-order chi connectivity index (χ0) is 11.7. The minimum absolute atomic E-state index is 0.431. The molecule has 0 amide bonds. The van der Waals surface area contributed by atoms with Crippen LogP contribution in [0.5, 0.6) is 0 Å². The number of thiophene rings is 1. The standard InChI is InChI=1S/C11H8BrF2NS/c12-9-1-2-16-11(9)10(15)6-3-7(13)5-8(14)4-6/h1-5,10H,15H2. The van der Waals surface area contributed by atoms with Gasteiger partial charge in [-0.1, -0.05) is 0 Å². The molecule has 0 fully saturated rings. The van der Waals surface area contributed by atoms with E-state index < -0.39 is 17.7 Å². The zero-order valence-corrected chi connectivity index (χ0v) is 10.5. The van der Waals surface area contributed by atoms with Crippen molar-refractivity contribution in [3.63, 3.8) is 0 Å². The van der Waals surface area contributed by atoms with E-state index >= 15 is 0 Å². The molecule has 84 valence electrons. The molecule has 0 spiro atoms. The molecule has 1 unspecified atom stereocenters. The minimum atomic E-state index is -0.613. The number of nitrogens with two attached hydrogens (primary N) is 1. The Labute approximate surface area is 104 Å². The van der Waals surface area contributed by atoms with Gasteiger partial charge in [0.25, 0.3) is 0 Å². The molecule has 1 atom stereocenters. The largest absolute Gasteiger partial charge is 0.320 e. The summed E-state index contributed by atoms with van der Waals surface area (Å²) >= 11 is 4.79. The first-order valence-corrected chi connectivity index (χ1v) is 6.19. The summed E-state index contributed by atoms with van der Waals surface area (Å²) < 4.78 is 26.9. The highest BCUT2D eigenvalue weighted by Gasteiger charge is 2.15. The molecule has 1 aromatic carbocycles. The van der Waals surface area contributed by atoms with E-state index in [4.69, 9.17) is 5.73 Å². The third kappa shape index (κ3) is 2.31. The van der Waals surface area contributed by atoms with Crippen molar-refractivity contribution >= 4 is 27.3 Å². The Hall–Kier alpha value is -0.780. The predicted octanol–water partition coefficient (Wildman–Crippen LogP) is 3.84. The molecule has 0 bridgehead atoms. The Morgan fingerprint density at radius 1 is 1.19 bits per heavy atom. The number of rotatable bonds is 2. The maximum atomic E-state index is 13.0. The minimum Gasteiger partial charge on any atom is -0.320 e. The zero-order valence-electron chi connectivity index (χ0n) is 8.08. The van der Waals surface area contributed by atoms with Gasteiger partial charge in [0, 0.05) is 15.4 Å². The summed E-state index contributed by atoms with van der Waals surface area (Å²) in [6.45, 7) is 0. The average Bonchev–Trinajstić information content (AvgIpc) is 2.62. The van der Waals surface area contributed by atoms with Crippen molar-refractivity contribution in [1.29, 1.82) is 0 Å². The first kappa shape index (κ1) is 11.7. The number of halogens is 3. The van der Waals surface area contributed by atoms with Crippen LogP contribution in [-0.4, -0.2) is 0 Å². The summed E-state index contributed by atoms with van der Waals surface area (Å²) in [5, 5.41) is 1.87. The van der Waals surface area contributed by atoms with Crippen LogP contribution in [0.1, 0.15) is 16.5 Å². The van der Waals surface area contributed by atoms with Gasteiger partial charge < -0.3 is 5.73 Å². The van der Waals surface area contributed by atoms with Crippen LogP contribution in [0.2, 0.25) is 0 Å². The number of hydrogen-bond acceptors (Lipinski definition) is 2. The molecule has 2 rings (SSSR count). The average molecular weight is 304 g/mol. The lowest BCUT2D eigenvalue weighted by molar-refractivity contribution is 0.577. The van der Waals surface area contributed by atoms with E-state index in [2.05, 4.69) is 15.9 Å². The lowest BCUT2D eigenvalue weighted by Gasteiger charge is -2.11. The van der Waals surface area contributed by atoms with Gasteiger partial charge in [0.15, 0.2) is 0 Å². The molecule has 16 heavy (non-hydrogen) atoms. The summed E-state index contributed by atoms with van der Waals surface area (Å²) in [6, 6.07) is 4.68. The Morgan fingerprint density at radius 2 is 1.81 bits per heavy atom. The fourth-order valence-electron chi connectivity index (χ4n) is 1.43. The van der Waals surface area contributed by atoms with Gasteiger partial charge in [0.05, 0.1) is 6.04 Å². The van der Waals surface area contributed by atoms with E-state index in [1.165, 1.54) is 23.5 Å². The van der Waals surface area contributed by atoms with Crippen LogP contribution in [-0.2, 0) is 0 Å². The molecular formula is C11H8BrF2NS. The first-order valence-electron chi connectivity index (χ1n) is 4.52. The Balaban J connectivity index is 2.41. The lowest BCUT2D eigenvalue weighted by Crippen LogP contribution is -2.11. The SMILES string of the molecule is NC(c1cc(F)cc(F)c1)c1sccc1Br. The number of hydrogen-bond donors (Lipinski definition) is 1. The van der Waals surface area contributed by atoms with E-state index in [1.54, 1.807) is 0 Å². The fraction of sp³-hybridized carbons (Fsp3) is 0.0909. The predicted molar refractivity (Wildman–Crippen MR) is 64.4 cm³/mol. The second-order valence-electron chi connectivity index (χ2n) is 3.31. The summed E-state index contributed by atoms with van der Waals surface area (Å²) in [5.41, 5.74) is 6.38. The molecule has 1 aromatic heterocycles. The second kappa shape index (κ2) is 4.61. The fourth-order valence-corrected chi connectivity index (χ4v) is 3.08. The summed E-state index contributed by atoms with van der Waals surface area (Å²) in [5.74, 6) is -1.23. The van der Waals surface area contributed by atoms with Crippen LogP contribution in [0.3, 0.4) is 0 Å². The van der Waals surface area contributed by atoms with Crippen molar-refractivity contribution in [2.75, 3.05) is 0 Å². The van der Waals surface area contributed by atoms with Gasteiger partial charge in [0.2, 0.25) is 0 Å². The Bertz CT molecular complexity index is 492. The first-order chi connectivity index (χ1) is 7.58. The highest BCUT2D eigenvalue weighted by molar-refractivity contribution is 9.10. The topological polar surface area (TPSA) is 26.0 Å². The van der Waals surface area contributed by atoms with Crippen molar-refractivity contribution in [1.82, 2.24) is 0 Å². The second-order valence-corrected chi connectivity index (χ2v) is 5.12. The molecule has 0 aliphatic heterocycles. The molecule has 0 saturated heterocycles. The van der Waals surface area contributed by atoms with Gasteiger partial charge in [0.1, 0.15) is 11.6 Å². The van der Waals surface area contributed by atoms with Gasteiger partial charge in [-0.15, -0.1) is 11.3 Å². The van der Waals surface area contributed by atoms with Crippen molar-refractivity contribution in [2.45, 2.75) is 6.04 Å². The highest BCUT2D eigenvalue weighted by atomic mass is 79.9. The van der Waals surface area contributed by atoms with Gasteiger partial charge in [-0.05, 0) is 45.1 Å². The van der Waals surface area contributed by atoms with Gasteiger partial charge in [-0.3, -0.25) is 0 Å². The molecule has 5 heteroatoms. The van der Waals surface area contributed by atoms with Crippen LogP contribution in [0.15, 0.2) is 34.1 Å². The Kier molecular flexibility index (Phi) is 3.37. The number of benzene rings is 1.